The third kappa shape index (κ3) is 4.01. The number of carbonyl (C=O) groups excluding carboxylic acids is 1. The molecule has 0 atom stereocenters. The molecule has 0 spiro atoms. The van der Waals surface area contributed by atoms with Crippen LogP contribution in [-0.2, 0) is 11.3 Å². The summed E-state index contributed by atoms with van der Waals surface area (Å²) in [4.78, 5) is 12.8. The number of aromatic nitrogens is 4. The van der Waals surface area contributed by atoms with Crippen molar-refractivity contribution >= 4 is 56.6 Å². The van der Waals surface area contributed by atoms with Gasteiger partial charge in [0.25, 0.3) is 0 Å². The molecule has 8 nitrogen and oxygen atoms in total. The lowest BCUT2D eigenvalue weighted by Crippen LogP contribution is -2.14. The lowest BCUT2D eigenvalue weighted by atomic mass is 10.1. The minimum absolute atomic E-state index is 0.0827. The number of ether oxygens (including phenoxy) is 2. The molecule has 4 aromatic rings. The molecule has 0 amide bonds. The smallest absolute Gasteiger partial charge is 0.340 e. The molecule has 2 aromatic heterocycles. The molecule has 0 fully saturated rings. The Kier molecular flexibility index (Phi) is 6.27. The average Bonchev–Trinajstić information content (AvgIpc) is 3.22. The van der Waals surface area contributed by atoms with Gasteiger partial charge in [-0.2, -0.15) is 5.10 Å². The summed E-state index contributed by atoms with van der Waals surface area (Å²) in [5, 5.41) is 7.99. The van der Waals surface area contributed by atoms with E-state index in [1.807, 2.05) is 29.7 Å². The Balaban J connectivity index is 1.85. The third-order valence-electron chi connectivity index (χ3n) is 4.96. The SMILES string of the molecule is CCOC(=O)c1c(C)n(-c2ccc(Cl)cc2)c2cc(Br)c(OCc3n[nH]c(=S)n3N)cc12. The fraction of sp³-hybridized carbons (Fsp3) is 0.190. The number of rotatable bonds is 6. The minimum atomic E-state index is -0.404. The Labute approximate surface area is 202 Å². The van der Waals surface area contributed by atoms with Gasteiger partial charge in [-0.05, 0) is 78.4 Å². The van der Waals surface area contributed by atoms with Crippen LogP contribution in [0.3, 0.4) is 0 Å². The van der Waals surface area contributed by atoms with Gasteiger partial charge in [0.05, 0.1) is 22.2 Å². The molecular formula is C21H19BrClN5O3S. The molecule has 32 heavy (non-hydrogen) atoms. The fourth-order valence-electron chi connectivity index (χ4n) is 3.49. The van der Waals surface area contributed by atoms with E-state index in [2.05, 4.69) is 26.1 Å². The van der Waals surface area contributed by atoms with Gasteiger partial charge in [-0.1, -0.05) is 11.6 Å². The van der Waals surface area contributed by atoms with Crippen molar-refractivity contribution in [2.24, 2.45) is 0 Å². The van der Waals surface area contributed by atoms with Crippen molar-refractivity contribution in [3.63, 3.8) is 0 Å². The molecule has 0 aliphatic rings. The highest BCUT2D eigenvalue weighted by Crippen LogP contribution is 2.37. The second-order valence-electron chi connectivity index (χ2n) is 6.90. The van der Waals surface area contributed by atoms with Crippen molar-refractivity contribution in [1.29, 1.82) is 0 Å². The number of aromatic amines is 1. The van der Waals surface area contributed by atoms with Gasteiger partial charge >= 0.3 is 5.97 Å². The molecule has 0 saturated heterocycles. The first-order valence-electron chi connectivity index (χ1n) is 9.63. The van der Waals surface area contributed by atoms with E-state index in [9.17, 15) is 4.79 Å². The van der Waals surface area contributed by atoms with E-state index in [4.69, 9.17) is 39.1 Å². The van der Waals surface area contributed by atoms with Gasteiger partial charge in [-0.3, -0.25) is 5.10 Å². The molecule has 0 saturated carbocycles. The topological polar surface area (TPSA) is 100 Å². The second kappa shape index (κ2) is 8.97. The highest BCUT2D eigenvalue weighted by molar-refractivity contribution is 9.10. The van der Waals surface area contributed by atoms with Gasteiger partial charge in [0, 0.05) is 21.8 Å². The second-order valence-corrected chi connectivity index (χ2v) is 8.57. The standard InChI is InChI=1S/C21H19BrClN5O3S/c1-3-30-20(29)19-11(2)27(13-6-4-12(23)5-7-13)16-9-15(22)17(8-14(16)19)31-10-18-25-26-21(32)28(18)24/h4-9H,3,10,24H2,1-2H3,(H,26,32). The fourth-order valence-corrected chi connectivity index (χ4v) is 4.21. The van der Waals surface area contributed by atoms with E-state index in [1.54, 1.807) is 25.1 Å². The van der Waals surface area contributed by atoms with Crippen LogP contribution < -0.4 is 10.6 Å². The van der Waals surface area contributed by atoms with Crippen molar-refractivity contribution in [2.45, 2.75) is 20.5 Å². The molecule has 0 unspecified atom stereocenters. The highest BCUT2D eigenvalue weighted by atomic mass is 79.9. The van der Waals surface area contributed by atoms with E-state index in [0.717, 1.165) is 16.9 Å². The van der Waals surface area contributed by atoms with Crippen LogP contribution in [0, 0.1) is 11.7 Å². The summed E-state index contributed by atoms with van der Waals surface area (Å²) >= 11 is 14.7. The number of nitrogens with zero attached hydrogens (tertiary/aromatic N) is 3. The minimum Gasteiger partial charge on any atom is -0.484 e. The van der Waals surface area contributed by atoms with Crippen LogP contribution in [0.5, 0.6) is 5.75 Å². The molecule has 4 rings (SSSR count). The first-order chi connectivity index (χ1) is 15.3. The normalized spacial score (nSPS) is 11.1. The summed E-state index contributed by atoms with van der Waals surface area (Å²) in [7, 11) is 0. The number of benzene rings is 2. The van der Waals surface area contributed by atoms with Crippen molar-refractivity contribution in [3.8, 4) is 11.4 Å². The molecule has 2 aromatic carbocycles. The Morgan fingerprint density at radius 3 is 2.66 bits per heavy atom. The van der Waals surface area contributed by atoms with Gasteiger partial charge in [-0.25, -0.2) is 9.47 Å². The first-order valence-corrected chi connectivity index (χ1v) is 11.2. The van der Waals surface area contributed by atoms with Gasteiger partial charge < -0.3 is 19.9 Å². The number of hydrogen-bond acceptors (Lipinski definition) is 6. The van der Waals surface area contributed by atoms with Crippen LogP contribution in [0.15, 0.2) is 40.9 Å². The molecule has 3 N–H and O–H groups in total. The number of hydrogen-bond donors (Lipinski definition) is 2. The Bertz CT molecular complexity index is 1380. The number of esters is 1. The zero-order valence-electron chi connectivity index (χ0n) is 17.2. The summed E-state index contributed by atoms with van der Waals surface area (Å²) in [6.07, 6.45) is 0. The lowest BCUT2D eigenvalue weighted by molar-refractivity contribution is 0.0527. The Hall–Kier alpha value is -2.82. The third-order valence-corrected chi connectivity index (χ3v) is 6.12. The summed E-state index contributed by atoms with van der Waals surface area (Å²) in [5.41, 5.74) is 2.89. The van der Waals surface area contributed by atoms with E-state index in [0.29, 0.717) is 36.8 Å². The molecule has 2 heterocycles. The van der Waals surface area contributed by atoms with Crippen LogP contribution in [0.1, 0.15) is 28.8 Å². The van der Waals surface area contributed by atoms with Crippen molar-refractivity contribution in [3.05, 3.63) is 67.7 Å². The van der Waals surface area contributed by atoms with Gasteiger partial charge in [0.1, 0.15) is 12.4 Å². The maximum Gasteiger partial charge on any atom is 0.340 e. The molecular weight excluding hydrogens is 518 g/mol. The van der Waals surface area contributed by atoms with Crippen LogP contribution in [0.25, 0.3) is 16.6 Å². The summed E-state index contributed by atoms with van der Waals surface area (Å²) in [5.74, 6) is 6.39. The monoisotopic (exact) mass is 535 g/mol. The Morgan fingerprint density at radius 1 is 1.31 bits per heavy atom. The van der Waals surface area contributed by atoms with E-state index in [-0.39, 0.29) is 13.2 Å². The van der Waals surface area contributed by atoms with Crippen LogP contribution in [-0.4, -0.2) is 32.0 Å². The summed E-state index contributed by atoms with van der Waals surface area (Å²) in [6, 6.07) is 11.1. The number of carbonyl (C=O) groups is 1. The highest BCUT2D eigenvalue weighted by Gasteiger charge is 2.23. The van der Waals surface area contributed by atoms with Crippen molar-refractivity contribution in [1.82, 2.24) is 19.4 Å². The number of H-pyrrole nitrogens is 1. The quantitative estimate of drug-likeness (QED) is 0.203. The molecule has 0 radical (unpaired) electrons. The maximum absolute atomic E-state index is 12.8. The van der Waals surface area contributed by atoms with E-state index >= 15 is 0 Å². The number of nitrogen functional groups attached to an aromatic ring is 1. The van der Waals surface area contributed by atoms with E-state index in [1.165, 1.54) is 4.68 Å². The maximum atomic E-state index is 12.8. The van der Waals surface area contributed by atoms with Crippen LogP contribution >= 0.6 is 39.7 Å². The largest absolute Gasteiger partial charge is 0.484 e. The lowest BCUT2D eigenvalue weighted by Gasteiger charge is -2.11. The zero-order valence-corrected chi connectivity index (χ0v) is 20.3. The number of fused-ring (bicyclic) bond motifs is 1. The molecule has 0 bridgehead atoms. The van der Waals surface area contributed by atoms with Gasteiger partial charge in [0.15, 0.2) is 5.82 Å². The van der Waals surface area contributed by atoms with Crippen LogP contribution in [0.4, 0.5) is 0 Å². The predicted molar refractivity (Wildman–Crippen MR) is 129 cm³/mol. The van der Waals surface area contributed by atoms with Crippen LogP contribution in [0.2, 0.25) is 5.02 Å². The number of nitrogens with one attached hydrogen (secondary N) is 1. The van der Waals surface area contributed by atoms with Gasteiger partial charge in [-0.15, -0.1) is 0 Å². The summed E-state index contributed by atoms with van der Waals surface area (Å²) < 4.78 is 15.5. The molecule has 166 valence electrons. The first kappa shape index (κ1) is 22.4. The predicted octanol–water partition coefficient (Wildman–Crippen LogP) is 5.08. The van der Waals surface area contributed by atoms with Crippen molar-refractivity contribution in [2.75, 3.05) is 12.4 Å². The molecule has 0 aliphatic heterocycles. The number of halogens is 2. The Morgan fingerprint density at radius 2 is 2.03 bits per heavy atom. The molecule has 11 heteroatoms. The average molecular weight is 537 g/mol. The van der Waals surface area contributed by atoms with Gasteiger partial charge in [0.2, 0.25) is 4.77 Å². The molecule has 0 aliphatic carbocycles. The summed E-state index contributed by atoms with van der Waals surface area (Å²) in [6.45, 7) is 4.00. The van der Waals surface area contributed by atoms with Crippen molar-refractivity contribution < 1.29 is 14.3 Å². The van der Waals surface area contributed by atoms with E-state index < -0.39 is 5.97 Å². The number of nitrogens with two attached hydrogens (primary N) is 1. The zero-order chi connectivity index (χ0) is 23.0.